The average molecular weight is 317 g/mol. The van der Waals surface area contributed by atoms with Gasteiger partial charge in [-0.05, 0) is 15.9 Å². The summed E-state index contributed by atoms with van der Waals surface area (Å²) in [6.45, 7) is -0.391. The highest BCUT2D eigenvalue weighted by Gasteiger charge is 2.07. The third-order valence-corrected chi connectivity index (χ3v) is 2.54. The normalized spacial score (nSPS) is 10.6. The monoisotopic (exact) mass is 316 g/mol. The lowest BCUT2D eigenvalue weighted by molar-refractivity contribution is 0.422. The summed E-state index contributed by atoms with van der Waals surface area (Å²) in [6, 6.07) is 1.54. The number of aryl methyl sites for hydroxylation is 2. The molecule has 0 spiro atoms. The minimum Gasteiger partial charge on any atom is -0.333 e. The molecule has 0 aliphatic rings. The van der Waals surface area contributed by atoms with Crippen molar-refractivity contribution in [2.75, 3.05) is 12.0 Å². The van der Waals surface area contributed by atoms with Crippen LogP contribution in [0, 0.1) is 0 Å². The fraction of sp³-hybridized carbons (Fsp3) is 0.333. The fourth-order valence-electron chi connectivity index (χ4n) is 1.35. The van der Waals surface area contributed by atoms with E-state index in [-0.39, 0.29) is 12.1 Å². The molecule has 0 saturated carbocycles. The summed E-state index contributed by atoms with van der Waals surface area (Å²) >= 11 is 3.19. The van der Waals surface area contributed by atoms with Gasteiger partial charge in [-0.3, -0.25) is 4.79 Å². The number of halogens is 2. The number of nitrogens with one attached hydrogen (secondary N) is 1. The van der Waals surface area contributed by atoms with Crippen molar-refractivity contribution in [3.8, 4) is 0 Å². The van der Waals surface area contributed by atoms with Crippen molar-refractivity contribution in [1.29, 1.82) is 0 Å². The SMILES string of the molecule is Cn1nc(Br)cc(Nc2cn(CCF)nn2)c1=O. The minimum absolute atomic E-state index is 0.132. The van der Waals surface area contributed by atoms with Crippen LogP contribution in [0.25, 0.3) is 0 Å². The van der Waals surface area contributed by atoms with Crippen molar-refractivity contribution >= 4 is 27.4 Å². The van der Waals surface area contributed by atoms with Gasteiger partial charge < -0.3 is 5.32 Å². The first-order valence-corrected chi connectivity index (χ1v) is 5.86. The molecule has 2 heterocycles. The second kappa shape index (κ2) is 5.25. The summed E-state index contributed by atoms with van der Waals surface area (Å²) in [7, 11) is 1.54. The third-order valence-electron chi connectivity index (χ3n) is 2.15. The summed E-state index contributed by atoms with van der Waals surface area (Å²) in [6.07, 6.45) is 1.52. The highest BCUT2D eigenvalue weighted by atomic mass is 79.9. The van der Waals surface area contributed by atoms with Crippen LogP contribution in [-0.2, 0) is 13.6 Å². The highest BCUT2D eigenvalue weighted by molar-refractivity contribution is 9.10. The topological polar surface area (TPSA) is 77.6 Å². The maximum atomic E-state index is 12.1. The zero-order valence-electron chi connectivity index (χ0n) is 9.47. The lowest BCUT2D eigenvalue weighted by Crippen LogP contribution is -2.22. The first-order valence-electron chi connectivity index (χ1n) is 5.07. The van der Waals surface area contributed by atoms with Gasteiger partial charge in [0, 0.05) is 13.1 Å². The Bertz CT molecular complexity index is 609. The maximum Gasteiger partial charge on any atom is 0.290 e. The Balaban J connectivity index is 2.25. The summed E-state index contributed by atoms with van der Waals surface area (Å²) in [5, 5.41) is 14.2. The molecule has 0 atom stereocenters. The van der Waals surface area contributed by atoms with E-state index in [2.05, 4.69) is 36.7 Å². The number of hydrogen-bond acceptors (Lipinski definition) is 5. The van der Waals surface area contributed by atoms with Gasteiger partial charge in [0.15, 0.2) is 5.82 Å². The molecule has 2 aromatic rings. The molecule has 7 nitrogen and oxygen atoms in total. The fourth-order valence-corrected chi connectivity index (χ4v) is 1.82. The minimum atomic E-state index is -0.522. The van der Waals surface area contributed by atoms with Gasteiger partial charge in [0.25, 0.3) is 5.56 Å². The molecule has 0 aliphatic carbocycles. The van der Waals surface area contributed by atoms with Gasteiger partial charge >= 0.3 is 0 Å². The molecule has 2 rings (SSSR count). The van der Waals surface area contributed by atoms with E-state index in [1.165, 1.54) is 28.7 Å². The predicted molar refractivity (Wildman–Crippen MR) is 66.5 cm³/mol. The molecule has 0 bridgehead atoms. The molecule has 9 heteroatoms. The van der Waals surface area contributed by atoms with E-state index in [0.29, 0.717) is 16.1 Å². The van der Waals surface area contributed by atoms with E-state index in [1.807, 2.05) is 0 Å². The molecule has 0 saturated heterocycles. The van der Waals surface area contributed by atoms with Crippen LogP contribution in [0.2, 0.25) is 0 Å². The summed E-state index contributed by atoms with van der Waals surface area (Å²) in [5.74, 6) is 0.374. The number of hydrogen-bond donors (Lipinski definition) is 1. The van der Waals surface area contributed by atoms with Crippen molar-refractivity contribution in [2.45, 2.75) is 6.54 Å². The standard InChI is InChI=1S/C9H10BrFN6O/c1-16-9(18)6(4-7(10)14-16)12-8-5-17(3-2-11)15-13-8/h4-5,12H,2-3H2,1H3. The third kappa shape index (κ3) is 2.73. The van der Waals surface area contributed by atoms with Crippen LogP contribution in [0.3, 0.4) is 0 Å². The van der Waals surface area contributed by atoms with E-state index in [4.69, 9.17) is 0 Å². The predicted octanol–water partition coefficient (Wildman–Crippen LogP) is 0.847. The Hall–Kier alpha value is -1.77. The molecule has 96 valence electrons. The zero-order valence-corrected chi connectivity index (χ0v) is 11.1. The number of alkyl halides is 1. The van der Waals surface area contributed by atoms with Crippen LogP contribution in [0.5, 0.6) is 0 Å². The molecule has 18 heavy (non-hydrogen) atoms. The van der Waals surface area contributed by atoms with Crippen molar-refractivity contribution in [2.24, 2.45) is 7.05 Å². The van der Waals surface area contributed by atoms with E-state index < -0.39 is 6.67 Å². The molecule has 0 aromatic carbocycles. The second-order valence-corrected chi connectivity index (χ2v) is 4.30. The molecule has 0 aliphatic heterocycles. The van der Waals surface area contributed by atoms with Gasteiger partial charge in [-0.15, -0.1) is 5.10 Å². The Morgan fingerprint density at radius 2 is 2.33 bits per heavy atom. The summed E-state index contributed by atoms with van der Waals surface area (Å²) in [4.78, 5) is 11.8. The quantitative estimate of drug-likeness (QED) is 0.904. The Morgan fingerprint density at radius 3 is 3.06 bits per heavy atom. The molecule has 2 aromatic heterocycles. The van der Waals surface area contributed by atoms with Crippen molar-refractivity contribution in [3.63, 3.8) is 0 Å². The van der Waals surface area contributed by atoms with Crippen LogP contribution in [0.1, 0.15) is 0 Å². The molecular formula is C9H10BrFN6O. The lowest BCUT2D eigenvalue weighted by atomic mass is 10.4. The van der Waals surface area contributed by atoms with E-state index >= 15 is 0 Å². The first-order chi connectivity index (χ1) is 8.60. The Kier molecular flexibility index (Phi) is 3.70. The molecule has 0 fully saturated rings. The van der Waals surface area contributed by atoms with E-state index in [0.717, 1.165) is 0 Å². The largest absolute Gasteiger partial charge is 0.333 e. The Labute approximate surface area is 110 Å². The van der Waals surface area contributed by atoms with Gasteiger partial charge in [-0.1, -0.05) is 5.21 Å². The molecule has 0 radical (unpaired) electrons. The van der Waals surface area contributed by atoms with Crippen LogP contribution < -0.4 is 10.9 Å². The lowest BCUT2D eigenvalue weighted by Gasteiger charge is -2.04. The zero-order chi connectivity index (χ0) is 13.1. The number of anilines is 2. The van der Waals surface area contributed by atoms with Crippen LogP contribution in [-0.4, -0.2) is 31.4 Å². The maximum absolute atomic E-state index is 12.1. The van der Waals surface area contributed by atoms with E-state index in [9.17, 15) is 9.18 Å². The van der Waals surface area contributed by atoms with Gasteiger partial charge in [-0.2, -0.15) is 5.10 Å². The highest BCUT2D eigenvalue weighted by Crippen LogP contribution is 2.12. The van der Waals surface area contributed by atoms with Crippen LogP contribution >= 0.6 is 15.9 Å². The van der Waals surface area contributed by atoms with Gasteiger partial charge in [0.2, 0.25) is 0 Å². The van der Waals surface area contributed by atoms with Crippen molar-refractivity contribution in [3.05, 3.63) is 27.2 Å². The smallest absolute Gasteiger partial charge is 0.290 e. The van der Waals surface area contributed by atoms with Crippen LogP contribution in [0.15, 0.2) is 21.7 Å². The number of rotatable bonds is 4. The first kappa shape index (κ1) is 12.7. The summed E-state index contributed by atoms with van der Waals surface area (Å²) in [5.41, 5.74) is 0.0184. The van der Waals surface area contributed by atoms with Gasteiger partial charge in [-0.25, -0.2) is 13.8 Å². The van der Waals surface area contributed by atoms with Crippen LogP contribution in [0.4, 0.5) is 15.9 Å². The Morgan fingerprint density at radius 1 is 1.56 bits per heavy atom. The van der Waals surface area contributed by atoms with Gasteiger partial charge in [0.1, 0.15) is 17.0 Å². The second-order valence-electron chi connectivity index (χ2n) is 3.49. The number of nitrogens with zero attached hydrogens (tertiary/aromatic N) is 5. The molecule has 1 N–H and O–H groups in total. The molecule has 0 unspecified atom stereocenters. The van der Waals surface area contributed by atoms with Crippen molar-refractivity contribution in [1.82, 2.24) is 24.8 Å². The summed E-state index contributed by atoms with van der Waals surface area (Å²) < 4.78 is 15.2. The molecular weight excluding hydrogens is 307 g/mol. The average Bonchev–Trinajstić information content (AvgIpc) is 2.73. The molecule has 0 amide bonds. The van der Waals surface area contributed by atoms with Crippen molar-refractivity contribution < 1.29 is 4.39 Å². The van der Waals surface area contributed by atoms with Gasteiger partial charge in [0.05, 0.1) is 12.7 Å². The number of aromatic nitrogens is 5. The van der Waals surface area contributed by atoms with E-state index in [1.54, 1.807) is 0 Å².